The molecule has 2 amide bonds. The first-order valence-corrected chi connectivity index (χ1v) is 14.5. The third kappa shape index (κ3) is 8.35. The third-order valence-corrected chi connectivity index (χ3v) is 7.75. The first-order chi connectivity index (χ1) is 19.0. The fraction of sp³-hybridized carbons (Fsp3) is 0.355. The number of aromatic nitrogens is 2. The molecular weight excluding hydrogens is 508 g/mol. The van der Waals surface area contributed by atoms with Crippen molar-refractivity contribution in [2.45, 2.75) is 70.9 Å². The second kappa shape index (κ2) is 14.4. The summed E-state index contributed by atoms with van der Waals surface area (Å²) in [4.78, 5) is 45.5. The zero-order valence-corrected chi connectivity index (χ0v) is 23.2. The molecule has 8 heteroatoms. The van der Waals surface area contributed by atoms with Crippen LogP contribution in [0.1, 0.15) is 63.1 Å². The minimum absolute atomic E-state index is 0.151. The number of thiazole rings is 1. The minimum Gasteiger partial charge on any atom is -0.361 e. The Morgan fingerprint density at radius 2 is 1.77 bits per heavy atom. The van der Waals surface area contributed by atoms with Gasteiger partial charge in [-0.05, 0) is 30.9 Å². The van der Waals surface area contributed by atoms with E-state index < -0.39 is 6.04 Å². The van der Waals surface area contributed by atoms with E-state index in [4.69, 9.17) is 0 Å². The van der Waals surface area contributed by atoms with Crippen molar-refractivity contribution >= 4 is 39.8 Å². The lowest BCUT2D eigenvalue weighted by molar-refractivity contribution is -0.129. The van der Waals surface area contributed by atoms with Crippen molar-refractivity contribution < 1.29 is 14.4 Å². The maximum atomic E-state index is 13.1. The lowest BCUT2D eigenvalue weighted by Gasteiger charge is -2.18. The van der Waals surface area contributed by atoms with Gasteiger partial charge in [0.05, 0.1) is 12.2 Å². The maximum absolute atomic E-state index is 13.1. The van der Waals surface area contributed by atoms with Gasteiger partial charge >= 0.3 is 0 Å². The van der Waals surface area contributed by atoms with E-state index in [-0.39, 0.29) is 17.6 Å². The smallest absolute Gasteiger partial charge is 0.242 e. The van der Waals surface area contributed by atoms with Gasteiger partial charge in [0.1, 0.15) is 16.8 Å². The van der Waals surface area contributed by atoms with Crippen LogP contribution < -0.4 is 10.6 Å². The highest BCUT2D eigenvalue weighted by atomic mass is 32.1. The van der Waals surface area contributed by atoms with Crippen LogP contribution in [-0.2, 0) is 27.3 Å². The number of ketones is 1. The van der Waals surface area contributed by atoms with E-state index in [1.54, 1.807) is 11.3 Å². The summed E-state index contributed by atoms with van der Waals surface area (Å²) in [7, 11) is 0. The third-order valence-electron chi connectivity index (χ3n) is 6.81. The molecule has 0 spiro atoms. The Morgan fingerprint density at radius 3 is 2.59 bits per heavy atom. The van der Waals surface area contributed by atoms with Gasteiger partial charge in [-0.2, -0.15) is 0 Å². The molecule has 0 fully saturated rings. The summed E-state index contributed by atoms with van der Waals surface area (Å²) in [5.74, 6) is -0.107. The van der Waals surface area contributed by atoms with Gasteiger partial charge in [-0.25, -0.2) is 4.98 Å². The van der Waals surface area contributed by atoms with Crippen molar-refractivity contribution in [1.82, 2.24) is 20.6 Å². The summed E-state index contributed by atoms with van der Waals surface area (Å²) in [6, 6.07) is 17.3. The Labute approximate surface area is 233 Å². The number of rotatable bonds is 15. The van der Waals surface area contributed by atoms with Crippen LogP contribution in [0.5, 0.6) is 0 Å². The van der Waals surface area contributed by atoms with Crippen molar-refractivity contribution in [3.8, 4) is 10.6 Å². The molecule has 0 saturated carbocycles. The minimum atomic E-state index is -0.630. The van der Waals surface area contributed by atoms with Gasteiger partial charge < -0.3 is 15.6 Å². The lowest BCUT2D eigenvalue weighted by Crippen LogP contribution is -2.46. The number of para-hydroxylation sites is 1. The van der Waals surface area contributed by atoms with Crippen LogP contribution in [0, 0.1) is 0 Å². The molecule has 0 radical (unpaired) electrons. The fourth-order valence-corrected chi connectivity index (χ4v) is 5.37. The molecule has 2 heterocycles. The predicted octanol–water partition coefficient (Wildman–Crippen LogP) is 5.95. The number of amides is 2. The van der Waals surface area contributed by atoms with E-state index in [0.29, 0.717) is 38.6 Å². The Bertz CT molecular complexity index is 1380. The van der Waals surface area contributed by atoms with Crippen LogP contribution in [0.25, 0.3) is 21.5 Å². The number of unbranched alkanes of at least 4 members (excludes halogenated alkanes) is 2. The first-order valence-electron chi connectivity index (χ1n) is 13.7. The van der Waals surface area contributed by atoms with Gasteiger partial charge in [0.2, 0.25) is 11.8 Å². The molecule has 7 nitrogen and oxygen atoms in total. The van der Waals surface area contributed by atoms with Gasteiger partial charge in [0, 0.05) is 47.3 Å². The first kappa shape index (κ1) is 28.2. The molecule has 1 atom stereocenters. The SMILES string of the molecule is CCC(=O)CCCCC[C@H](NC(=O)CCc1c[nH]c2ccccc12)C(=O)NCc1csc(-c2ccccc2)n1. The number of H-pyrrole nitrogens is 1. The highest BCUT2D eigenvalue weighted by Gasteiger charge is 2.21. The van der Waals surface area contributed by atoms with Crippen LogP contribution in [0.4, 0.5) is 0 Å². The number of aromatic amines is 1. The molecule has 0 aliphatic rings. The summed E-state index contributed by atoms with van der Waals surface area (Å²) in [6.07, 6.45) is 6.87. The van der Waals surface area contributed by atoms with Crippen molar-refractivity contribution in [2.24, 2.45) is 0 Å². The average molecular weight is 545 g/mol. The number of benzene rings is 2. The Balaban J connectivity index is 1.32. The number of fused-ring (bicyclic) bond motifs is 1. The second-order valence-corrected chi connectivity index (χ2v) is 10.6. The maximum Gasteiger partial charge on any atom is 0.242 e. The summed E-state index contributed by atoms with van der Waals surface area (Å²) in [6.45, 7) is 2.18. The van der Waals surface area contributed by atoms with Crippen LogP contribution >= 0.6 is 11.3 Å². The van der Waals surface area contributed by atoms with E-state index in [0.717, 1.165) is 52.0 Å². The van der Waals surface area contributed by atoms with Crippen LogP contribution in [0.3, 0.4) is 0 Å². The van der Waals surface area contributed by atoms with Gasteiger partial charge in [-0.3, -0.25) is 14.4 Å². The molecule has 2 aromatic heterocycles. The zero-order valence-electron chi connectivity index (χ0n) is 22.4. The highest BCUT2D eigenvalue weighted by molar-refractivity contribution is 7.13. The van der Waals surface area contributed by atoms with Gasteiger partial charge in [0.25, 0.3) is 0 Å². The topological polar surface area (TPSA) is 104 Å². The largest absolute Gasteiger partial charge is 0.361 e. The molecule has 0 bridgehead atoms. The molecule has 0 aliphatic heterocycles. The number of Topliss-reactive ketones (excluding diaryl/α,β-unsaturated/α-hetero) is 1. The molecule has 204 valence electrons. The normalized spacial score (nSPS) is 11.8. The molecule has 0 aliphatic carbocycles. The summed E-state index contributed by atoms with van der Waals surface area (Å²) < 4.78 is 0. The van der Waals surface area contributed by atoms with Crippen LogP contribution in [0.15, 0.2) is 66.2 Å². The number of nitrogens with zero attached hydrogens (tertiary/aromatic N) is 1. The number of hydrogen-bond acceptors (Lipinski definition) is 5. The highest BCUT2D eigenvalue weighted by Crippen LogP contribution is 2.23. The number of carbonyl (C=O) groups is 3. The van der Waals surface area contributed by atoms with E-state index in [2.05, 4.69) is 20.6 Å². The zero-order chi connectivity index (χ0) is 27.5. The van der Waals surface area contributed by atoms with Gasteiger partial charge in [-0.15, -0.1) is 11.3 Å². The van der Waals surface area contributed by atoms with Crippen molar-refractivity contribution in [3.05, 3.63) is 77.4 Å². The summed E-state index contributed by atoms with van der Waals surface area (Å²) in [5.41, 5.74) is 3.96. The molecule has 4 rings (SSSR count). The van der Waals surface area contributed by atoms with Crippen molar-refractivity contribution in [3.63, 3.8) is 0 Å². The standard InChI is InChI=1S/C31H36N4O3S/c1-2-25(36)13-7-4-8-16-28(35-29(37)18-17-23-19-32-27-15-10-9-14-26(23)27)30(38)33-20-24-21-39-31(34-24)22-11-5-3-6-12-22/h3,5-6,9-12,14-15,19,21,28,32H,2,4,7-8,13,16-18,20H2,1H3,(H,33,38)(H,35,37)/t28-/m0/s1. The molecule has 39 heavy (non-hydrogen) atoms. The van der Waals surface area contributed by atoms with E-state index in [1.807, 2.05) is 73.1 Å². The molecule has 0 unspecified atom stereocenters. The molecule has 0 saturated heterocycles. The molecule has 2 aromatic carbocycles. The van der Waals surface area contributed by atoms with E-state index in [1.165, 1.54) is 0 Å². The Hall–Kier alpha value is -3.78. The number of carbonyl (C=O) groups excluding carboxylic acids is 3. The van der Waals surface area contributed by atoms with E-state index >= 15 is 0 Å². The number of aryl methyl sites for hydroxylation is 1. The Kier molecular flexibility index (Phi) is 10.4. The number of nitrogens with one attached hydrogen (secondary N) is 3. The molecule has 4 aromatic rings. The van der Waals surface area contributed by atoms with Gasteiger partial charge in [0.15, 0.2) is 0 Å². The second-order valence-electron chi connectivity index (χ2n) is 9.70. The Morgan fingerprint density at radius 1 is 0.974 bits per heavy atom. The van der Waals surface area contributed by atoms with Crippen molar-refractivity contribution in [1.29, 1.82) is 0 Å². The van der Waals surface area contributed by atoms with Crippen molar-refractivity contribution in [2.75, 3.05) is 0 Å². The number of hydrogen-bond donors (Lipinski definition) is 3. The van der Waals surface area contributed by atoms with Gasteiger partial charge in [-0.1, -0.05) is 68.3 Å². The average Bonchev–Trinajstić information content (AvgIpc) is 3.61. The van der Waals surface area contributed by atoms with Crippen LogP contribution in [-0.4, -0.2) is 33.6 Å². The predicted molar refractivity (Wildman–Crippen MR) is 156 cm³/mol. The quantitative estimate of drug-likeness (QED) is 0.161. The monoisotopic (exact) mass is 544 g/mol. The summed E-state index contributed by atoms with van der Waals surface area (Å²) in [5, 5.41) is 9.89. The fourth-order valence-electron chi connectivity index (χ4n) is 4.55. The summed E-state index contributed by atoms with van der Waals surface area (Å²) >= 11 is 1.54. The molecular formula is C31H36N4O3S. The van der Waals surface area contributed by atoms with E-state index in [9.17, 15) is 14.4 Å². The van der Waals surface area contributed by atoms with Crippen LogP contribution in [0.2, 0.25) is 0 Å². The lowest BCUT2D eigenvalue weighted by atomic mass is 10.0. The molecule has 3 N–H and O–H groups in total.